The highest BCUT2D eigenvalue weighted by Gasteiger charge is 2.12. The van der Waals surface area contributed by atoms with Gasteiger partial charge >= 0.3 is 0 Å². The van der Waals surface area contributed by atoms with Crippen molar-refractivity contribution < 1.29 is 18.9 Å². The van der Waals surface area contributed by atoms with Crippen LogP contribution in [-0.2, 0) is 6.54 Å². The summed E-state index contributed by atoms with van der Waals surface area (Å²) in [6.07, 6.45) is 3.47. The molecule has 0 radical (unpaired) electrons. The predicted octanol–water partition coefficient (Wildman–Crippen LogP) is 2.07. The molecular formula is C16H16NO3+. The Bertz CT molecular complexity index is 615. The number of ether oxygens (including phenoxy) is 1. The Kier molecular flexibility index (Phi) is 4.25. The average molecular weight is 270 g/mol. The smallest absolute Gasteiger partial charge is 0.227 e. The van der Waals surface area contributed by atoms with Crippen molar-refractivity contribution in [2.24, 2.45) is 0 Å². The number of hydrogen-bond donors (Lipinski definition) is 0. The molecule has 0 atom stereocenters. The van der Waals surface area contributed by atoms with Gasteiger partial charge in [0.2, 0.25) is 12.3 Å². The first-order chi connectivity index (χ1) is 9.60. The van der Waals surface area contributed by atoms with Crippen molar-refractivity contribution >= 4 is 11.6 Å². The van der Waals surface area contributed by atoms with Gasteiger partial charge in [0.25, 0.3) is 0 Å². The van der Waals surface area contributed by atoms with Crippen molar-refractivity contribution in [2.45, 2.75) is 13.5 Å². The lowest BCUT2D eigenvalue weighted by Gasteiger charge is -2.01. The van der Waals surface area contributed by atoms with Gasteiger partial charge in [0.15, 0.2) is 18.2 Å². The summed E-state index contributed by atoms with van der Waals surface area (Å²) in [4.78, 5) is 23.3. The van der Waals surface area contributed by atoms with Crippen LogP contribution in [0.15, 0.2) is 48.8 Å². The molecule has 1 aromatic carbocycles. The molecule has 1 aromatic heterocycles. The third-order valence-electron chi connectivity index (χ3n) is 3.04. The Morgan fingerprint density at radius 2 is 1.60 bits per heavy atom. The highest BCUT2D eigenvalue weighted by Crippen LogP contribution is 2.11. The van der Waals surface area contributed by atoms with Crippen LogP contribution in [0.1, 0.15) is 27.6 Å². The molecular weight excluding hydrogens is 254 g/mol. The number of rotatable bonds is 5. The monoisotopic (exact) mass is 270 g/mol. The van der Waals surface area contributed by atoms with Crippen molar-refractivity contribution in [3.8, 4) is 5.75 Å². The fraction of sp³-hybridized carbons (Fsp3) is 0.188. The molecule has 0 aliphatic rings. The van der Waals surface area contributed by atoms with Crippen LogP contribution in [0.2, 0.25) is 0 Å². The van der Waals surface area contributed by atoms with Gasteiger partial charge in [-0.15, -0.1) is 0 Å². The lowest BCUT2D eigenvalue weighted by molar-refractivity contribution is -0.683. The van der Waals surface area contributed by atoms with E-state index in [9.17, 15) is 9.59 Å². The number of methoxy groups -OCH3 is 1. The van der Waals surface area contributed by atoms with Gasteiger partial charge in [0.1, 0.15) is 5.75 Å². The second-order valence-corrected chi connectivity index (χ2v) is 4.47. The zero-order chi connectivity index (χ0) is 14.5. The number of pyridine rings is 1. The summed E-state index contributed by atoms with van der Waals surface area (Å²) in [5.41, 5.74) is 1.27. The maximum absolute atomic E-state index is 12.1. The van der Waals surface area contributed by atoms with Gasteiger partial charge in [-0.25, -0.2) is 0 Å². The molecule has 102 valence electrons. The first kappa shape index (κ1) is 13.9. The van der Waals surface area contributed by atoms with Crippen molar-refractivity contribution in [2.75, 3.05) is 7.11 Å². The topological polar surface area (TPSA) is 47.2 Å². The molecule has 2 rings (SSSR count). The molecule has 0 bridgehead atoms. The van der Waals surface area contributed by atoms with E-state index in [0.29, 0.717) is 11.1 Å². The summed E-state index contributed by atoms with van der Waals surface area (Å²) in [7, 11) is 1.59. The van der Waals surface area contributed by atoms with Crippen LogP contribution in [0, 0.1) is 0 Å². The molecule has 4 nitrogen and oxygen atoms in total. The molecule has 20 heavy (non-hydrogen) atoms. The summed E-state index contributed by atoms with van der Waals surface area (Å²) < 4.78 is 6.80. The fourth-order valence-electron chi connectivity index (χ4n) is 1.83. The minimum Gasteiger partial charge on any atom is -0.497 e. The minimum atomic E-state index is 0.00762. The van der Waals surface area contributed by atoms with E-state index in [2.05, 4.69) is 0 Å². The highest BCUT2D eigenvalue weighted by atomic mass is 16.5. The van der Waals surface area contributed by atoms with E-state index in [0.717, 1.165) is 5.75 Å². The standard InChI is InChI=1S/C16H16NO3/c1-12(18)13-7-9-17(10-8-13)11-16(19)14-3-5-15(20-2)6-4-14/h3-10H,11H2,1-2H3/q+1. The van der Waals surface area contributed by atoms with Crippen LogP contribution >= 0.6 is 0 Å². The van der Waals surface area contributed by atoms with Gasteiger partial charge in [-0.1, -0.05) is 0 Å². The van der Waals surface area contributed by atoms with Gasteiger partial charge in [0, 0.05) is 23.3 Å². The minimum absolute atomic E-state index is 0.00762. The maximum Gasteiger partial charge on any atom is 0.227 e. The van der Waals surface area contributed by atoms with E-state index in [-0.39, 0.29) is 18.1 Å². The van der Waals surface area contributed by atoms with Gasteiger partial charge in [0.05, 0.1) is 7.11 Å². The molecule has 0 amide bonds. The molecule has 0 spiro atoms. The largest absolute Gasteiger partial charge is 0.497 e. The average Bonchev–Trinajstić information content (AvgIpc) is 2.48. The summed E-state index contributed by atoms with van der Waals surface area (Å²) in [5.74, 6) is 0.742. The number of hydrogen-bond acceptors (Lipinski definition) is 3. The number of nitrogens with zero attached hydrogens (tertiary/aromatic N) is 1. The van der Waals surface area contributed by atoms with Gasteiger partial charge in [-0.3, -0.25) is 9.59 Å². The lowest BCUT2D eigenvalue weighted by Crippen LogP contribution is -2.37. The highest BCUT2D eigenvalue weighted by molar-refractivity contribution is 5.95. The molecule has 2 aromatic rings. The zero-order valence-corrected chi connectivity index (χ0v) is 11.5. The Labute approximate surface area is 117 Å². The van der Waals surface area contributed by atoms with E-state index < -0.39 is 0 Å². The molecule has 1 heterocycles. The number of ketones is 2. The molecule has 0 saturated heterocycles. The first-order valence-corrected chi connectivity index (χ1v) is 6.27. The van der Waals surface area contributed by atoms with Gasteiger partial charge in [-0.05, 0) is 31.2 Å². The molecule has 4 heteroatoms. The lowest BCUT2D eigenvalue weighted by atomic mass is 10.1. The van der Waals surface area contributed by atoms with Crippen molar-refractivity contribution in [1.29, 1.82) is 0 Å². The van der Waals surface area contributed by atoms with Crippen LogP contribution in [0.3, 0.4) is 0 Å². The van der Waals surface area contributed by atoms with E-state index in [1.54, 1.807) is 60.5 Å². The number of benzene rings is 1. The fourth-order valence-corrected chi connectivity index (χ4v) is 1.83. The Morgan fingerprint density at radius 3 is 2.10 bits per heavy atom. The van der Waals surface area contributed by atoms with Crippen molar-refractivity contribution in [3.05, 3.63) is 59.9 Å². The summed E-state index contributed by atoms with van der Waals surface area (Å²) in [6.45, 7) is 1.76. The number of carbonyl (C=O) groups excluding carboxylic acids is 2. The van der Waals surface area contributed by atoms with Crippen molar-refractivity contribution in [1.82, 2.24) is 0 Å². The maximum atomic E-state index is 12.1. The Hall–Kier alpha value is -2.49. The SMILES string of the molecule is COc1ccc(C(=O)C[n+]2ccc(C(C)=O)cc2)cc1. The number of carbonyl (C=O) groups is 2. The van der Waals surface area contributed by atoms with E-state index in [4.69, 9.17) is 4.74 Å². The Morgan fingerprint density at radius 1 is 1.00 bits per heavy atom. The van der Waals surface area contributed by atoms with Crippen LogP contribution in [0.5, 0.6) is 5.75 Å². The number of aromatic nitrogens is 1. The molecule has 0 aliphatic heterocycles. The second kappa shape index (κ2) is 6.10. The van der Waals surface area contributed by atoms with Crippen LogP contribution in [-0.4, -0.2) is 18.7 Å². The first-order valence-electron chi connectivity index (χ1n) is 6.27. The van der Waals surface area contributed by atoms with E-state index in [1.165, 1.54) is 6.92 Å². The van der Waals surface area contributed by atoms with Gasteiger partial charge < -0.3 is 4.74 Å². The number of Topliss-reactive ketones (excluding diaryl/α,β-unsaturated/α-hetero) is 2. The summed E-state index contributed by atoms with van der Waals surface area (Å²) in [5, 5.41) is 0. The molecule has 0 N–H and O–H groups in total. The van der Waals surface area contributed by atoms with Crippen LogP contribution < -0.4 is 9.30 Å². The third kappa shape index (κ3) is 3.29. The van der Waals surface area contributed by atoms with Crippen LogP contribution in [0.4, 0.5) is 0 Å². The zero-order valence-electron chi connectivity index (χ0n) is 11.5. The molecule has 0 fully saturated rings. The van der Waals surface area contributed by atoms with Gasteiger partial charge in [-0.2, -0.15) is 4.57 Å². The summed E-state index contributed by atoms with van der Waals surface area (Å²) >= 11 is 0. The quantitative estimate of drug-likeness (QED) is 0.617. The molecule has 0 saturated carbocycles. The van der Waals surface area contributed by atoms with E-state index >= 15 is 0 Å². The van der Waals surface area contributed by atoms with E-state index in [1.807, 2.05) is 0 Å². The van der Waals surface area contributed by atoms with Crippen molar-refractivity contribution in [3.63, 3.8) is 0 Å². The van der Waals surface area contributed by atoms with Crippen LogP contribution in [0.25, 0.3) is 0 Å². The molecule has 0 unspecified atom stereocenters. The second-order valence-electron chi connectivity index (χ2n) is 4.47. The molecule has 0 aliphatic carbocycles. The Balaban J connectivity index is 2.08. The third-order valence-corrected chi connectivity index (χ3v) is 3.04. The summed E-state index contributed by atoms with van der Waals surface area (Å²) in [6, 6.07) is 10.4. The predicted molar refractivity (Wildman–Crippen MR) is 74.0 cm³/mol. The normalized spacial score (nSPS) is 10.1.